The number of rotatable bonds is 2. The molecule has 14 heavy (non-hydrogen) atoms. The van der Waals surface area contributed by atoms with Gasteiger partial charge in [0.1, 0.15) is 0 Å². The summed E-state index contributed by atoms with van der Waals surface area (Å²) >= 11 is 5.92. The van der Waals surface area contributed by atoms with Gasteiger partial charge in [0, 0.05) is 12.4 Å². The number of hydrogen-bond donors (Lipinski definition) is 1. The molecule has 2 rings (SSSR count). The molecule has 2 N–H and O–H groups in total. The second-order valence-electron chi connectivity index (χ2n) is 3.08. The summed E-state index contributed by atoms with van der Waals surface area (Å²) in [5.74, 6) is 5.00. The van der Waals surface area contributed by atoms with Gasteiger partial charge in [-0.3, -0.25) is 9.52 Å². The molecule has 0 aliphatic rings. The van der Waals surface area contributed by atoms with Crippen LogP contribution in [0.3, 0.4) is 0 Å². The van der Waals surface area contributed by atoms with Gasteiger partial charge in [0.15, 0.2) is 5.15 Å². The van der Waals surface area contributed by atoms with Gasteiger partial charge in [0.05, 0.1) is 12.1 Å². The average Bonchev–Trinajstić information content (AvgIpc) is 2.43. The predicted octanol–water partition coefficient (Wildman–Crippen LogP) is 1.62. The Hall–Kier alpha value is -1.10. The van der Waals surface area contributed by atoms with Crippen LogP contribution in [-0.2, 0) is 18.5 Å². The summed E-state index contributed by atoms with van der Waals surface area (Å²) in [4.78, 5) is 4.56. The fraction of sp³-hybridized carbons (Fsp3) is 0.222. The van der Waals surface area contributed by atoms with Crippen molar-refractivity contribution in [2.24, 2.45) is 12.9 Å². The zero-order valence-electron chi connectivity index (χ0n) is 7.70. The molecule has 0 spiro atoms. The van der Waals surface area contributed by atoms with Gasteiger partial charge >= 0.3 is 0 Å². The zero-order chi connectivity index (χ0) is 10.1. The molecule has 0 fully saturated rings. The Bertz CT molecular complexity index is 466. The Morgan fingerprint density at radius 1 is 1.57 bits per heavy atom. The first kappa shape index (κ1) is 9.45. The lowest BCUT2D eigenvalue weighted by molar-refractivity contribution is 0.124. The maximum Gasteiger partial charge on any atom is 0.158 e. The summed E-state index contributed by atoms with van der Waals surface area (Å²) in [5, 5.41) is 5.56. The van der Waals surface area contributed by atoms with Crippen LogP contribution in [0.5, 0.6) is 0 Å². The standard InChI is InChI=1S/C9H10ClN3O/c1-13-8-4-6(5-14-11)2-3-7(8)9(10)12-13/h2-4H,5,11H2,1H3. The van der Waals surface area contributed by atoms with E-state index in [-0.39, 0.29) is 0 Å². The van der Waals surface area contributed by atoms with Crippen molar-refractivity contribution < 1.29 is 4.84 Å². The highest BCUT2D eigenvalue weighted by atomic mass is 35.5. The Kier molecular flexibility index (Phi) is 2.41. The Morgan fingerprint density at radius 3 is 3.07 bits per heavy atom. The second-order valence-corrected chi connectivity index (χ2v) is 3.43. The van der Waals surface area contributed by atoms with Crippen molar-refractivity contribution in [1.29, 1.82) is 0 Å². The smallest absolute Gasteiger partial charge is 0.158 e. The molecule has 2 aromatic rings. The number of benzene rings is 1. The van der Waals surface area contributed by atoms with Gasteiger partial charge in [-0.15, -0.1) is 0 Å². The monoisotopic (exact) mass is 211 g/mol. The van der Waals surface area contributed by atoms with E-state index in [0.29, 0.717) is 11.8 Å². The molecule has 0 bridgehead atoms. The normalized spacial score (nSPS) is 11.1. The first-order valence-corrected chi connectivity index (χ1v) is 4.53. The van der Waals surface area contributed by atoms with Crippen molar-refractivity contribution in [3.8, 4) is 0 Å². The van der Waals surface area contributed by atoms with Crippen molar-refractivity contribution in [1.82, 2.24) is 9.78 Å². The highest BCUT2D eigenvalue weighted by Gasteiger charge is 2.06. The molecule has 5 heteroatoms. The minimum atomic E-state index is 0.388. The van der Waals surface area contributed by atoms with Gasteiger partial charge in [-0.05, 0) is 17.7 Å². The van der Waals surface area contributed by atoms with E-state index in [1.807, 2.05) is 25.2 Å². The molecule has 0 aliphatic carbocycles. The molecule has 0 unspecified atom stereocenters. The van der Waals surface area contributed by atoms with E-state index in [1.165, 1.54) is 0 Å². The molecule has 0 saturated heterocycles. The molecule has 1 aromatic heterocycles. The van der Waals surface area contributed by atoms with Crippen LogP contribution in [-0.4, -0.2) is 9.78 Å². The minimum absolute atomic E-state index is 0.388. The average molecular weight is 212 g/mol. The molecule has 0 atom stereocenters. The number of nitrogens with zero attached hydrogens (tertiary/aromatic N) is 2. The van der Waals surface area contributed by atoms with Crippen LogP contribution in [0.15, 0.2) is 18.2 Å². The van der Waals surface area contributed by atoms with E-state index in [1.54, 1.807) is 4.68 Å². The van der Waals surface area contributed by atoms with Crippen LogP contribution in [0.4, 0.5) is 0 Å². The molecule has 1 aromatic carbocycles. The molecule has 0 saturated carbocycles. The third-order valence-electron chi connectivity index (χ3n) is 2.12. The van der Waals surface area contributed by atoms with Crippen molar-refractivity contribution in [3.63, 3.8) is 0 Å². The van der Waals surface area contributed by atoms with Gasteiger partial charge in [0.2, 0.25) is 0 Å². The maximum atomic E-state index is 5.92. The summed E-state index contributed by atoms with van der Waals surface area (Å²) < 4.78 is 1.73. The van der Waals surface area contributed by atoms with Gasteiger partial charge in [0.25, 0.3) is 0 Å². The largest absolute Gasteiger partial charge is 0.300 e. The summed E-state index contributed by atoms with van der Waals surface area (Å²) in [7, 11) is 1.85. The van der Waals surface area contributed by atoms with E-state index in [9.17, 15) is 0 Å². The van der Waals surface area contributed by atoms with E-state index in [2.05, 4.69) is 9.94 Å². The molecular formula is C9H10ClN3O. The summed E-state index contributed by atoms with van der Waals surface area (Å²) in [6, 6.07) is 5.79. The fourth-order valence-electron chi connectivity index (χ4n) is 1.44. The molecule has 0 aliphatic heterocycles. The number of halogens is 1. The van der Waals surface area contributed by atoms with Gasteiger partial charge in [-0.1, -0.05) is 17.7 Å². The Labute approximate surface area is 86.2 Å². The highest BCUT2D eigenvalue weighted by molar-refractivity contribution is 6.34. The van der Waals surface area contributed by atoms with Crippen molar-refractivity contribution in [2.45, 2.75) is 6.61 Å². The van der Waals surface area contributed by atoms with Crippen LogP contribution < -0.4 is 5.90 Å². The van der Waals surface area contributed by atoms with Crippen LogP contribution in [0.25, 0.3) is 10.9 Å². The van der Waals surface area contributed by atoms with Crippen LogP contribution in [0.1, 0.15) is 5.56 Å². The quantitative estimate of drug-likeness (QED) is 0.768. The lowest BCUT2D eigenvalue weighted by Crippen LogP contribution is -1.99. The highest BCUT2D eigenvalue weighted by Crippen LogP contribution is 2.23. The van der Waals surface area contributed by atoms with E-state index in [4.69, 9.17) is 17.5 Å². The molecule has 4 nitrogen and oxygen atoms in total. The van der Waals surface area contributed by atoms with E-state index in [0.717, 1.165) is 16.5 Å². The maximum absolute atomic E-state index is 5.92. The summed E-state index contributed by atoms with van der Waals surface area (Å²) in [5.41, 5.74) is 1.98. The third-order valence-corrected chi connectivity index (χ3v) is 2.40. The lowest BCUT2D eigenvalue weighted by atomic mass is 10.2. The predicted molar refractivity (Wildman–Crippen MR) is 54.7 cm³/mol. The number of hydrogen-bond acceptors (Lipinski definition) is 3. The van der Waals surface area contributed by atoms with Gasteiger partial charge < -0.3 is 0 Å². The van der Waals surface area contributed by atoms with Gasteiger partial charge in [-0.25, -0.2) is 5.90 Å². The van der Waals surface area contributed by atoms with Crippen LogP contribution in [0, 0.1) is 0 Å². The van der Waals surface area contributed by atoms with Crippen molar-refractivity contribution in [3.05, 3.63) is 28.9 Å². The Morgan fingerprint density at radius 2 is 2.36 bits per heavy atom. The number of fused-ring (bicyclic) bond motifs is 1. The Balaban J connectivity index is 2.59. The van der Waals surface area contributed by atoms with Crippen LogP contribution in [0.2, 0.25) is 5.15 Å². The van der Waals surface area contributed by atoms with Crippen molar-refractivity contribution in [2.75, 3.05) is 0 Å². The van der Waals surface area contributed by atoms with E-state index >= 15 is 0 Å². The summed E-state index contributed by atoms with van der Waals surface area (Å²) in [6.07, 6.45) is 0. The molecular weight excluding hydrogens is 202 g/mol. The first-order chi connectivity index (χ1) is 6.72. The van der Waals surface area contributed by atoms with Crippen molar-refractivity contribution >= 4 is 22.5 Å². The van der Waals surface area contributed by atoms with Gasteiger partial charge in [-0.2, -0.15) is 5.10 Å². The molecule has 1 heterocycles. The number of aryl methyl sites for hydroxylation is 1. The number of nitrogens with two attached hydrogens (primary N) is 1. The molecule has 0 amide bonds. The SMILES string of the molecule is Cn1nc(Cl)c2ccc(CON)cc21. The first-order valence-electron chi connectivity index (χ1n) is 4.15. The molecule has 0 radical (unpaired) electrons. The summed E-state index contributed by atoms with van der Waals surface area (Å²) in [6.45, 7) is 0.388. The second kappa shape index (κ2) is 3.57. The fourth-order valence-corrected chi connectivity index (χ4v) is 1.72. The lowest BCUT2D eigenvalue weighted by Gasteiger charge is -1.99. The van der Waals surface area contributed by atoms with E-state index < -0.39 is 0 Å². The third kappa shape index (κ3) is 1.48. The number of aromatic nitrogens is 2. The topological polar surface area (TPSA) is 53.1 Å². The minimum Gasteiger partial charge on any atom is -0.300 e. The van der Waals surface area contributed by atoms with Crippen LogP contribution >= 0.6 is 11.6 Å². The molecule has 74 valence electrons. The zero-order valence-corrected chi connectivity index (χ0v) is 8.45.